The largest absolute Gasteiger partial charge is 0.457 e. The minimum absolute atomic E-state index is 0.0223. The second-order valence-electron chi connectivity index (χ2n) is 4.31. The number of hydrogen-bond acceptors (Lipinski definition) is 4. The van der Waals surface area contributed by atoms with E-state index in [9.17, 15) is 0 Å². The van der Waals surface area contributed by atoms with Gasteiger partial charge in [-0.2, -0.15) is 0 Å². The number of rotatable bonds is 5. The molecule has 0 saturated heterocycles. The normalized spacial score (nSPS) is 11.4. The highest BCUT2D eigenvalue weighted by atomic mass is 79.9. The number of oxime groups is 1. The molecule has 0 unspecified atom stereocenters. The molecule has 0 aromatic heterocycles. The summed E-state index contributed by atoms with van der Waals surface area (Å²) in [7, 11) is 0. The van der Waals surface area contributed by atoms with E-state index in [4.69, 9.17) is 20.8 Å². The minimum atomic E-state index is 0.0223. The summed E-state index contributed by atoms with van der Waals surface area (Å²) in [6.45, 7) is 0.0620. The Balaban J connectivity index is 2.27. The molecule has 0 amide bonds. The molecule has 0 radical (unpaired) electrons. The van der Waals surface area contributed by atoms with Crippen LogP contribution in [0.15, 0.2) is 52.1 Å². The van der Waals surface area contributed by atoms with Gasteiger partial charge in [-0.25, -0.2) is 0 Å². The Kier molecular flexibility index (Phi) is 5.19. The fraction of sp³-hybridized carbons (Fsp3) is 0.133. The maximum atomic E-state index is 9.07. The molecule has 0 spiro atoms. The second kappa shape index (κ2) is 7.10. The van der Waals surface area contributed by atoms with Crippen LogP contribution in [0.25, 0.3) is 0 Å². The Bertz CT molecular complexity index is 659. The third-order valence-electron chi connectivity index (χ3n) is 2.91. The summed E-state index contributed by atoms with van der Waals surface area (Å²) in [5.41, 5.74) is 7.07. The molecular weight excluding hydrogens is 336 g/mol. The molecule has 5 nitrogen and oxygen atoms in total. The lowest BCUT2D eigenvalue weighted by Crippen LogP contribution is -2.13. The molecule has 0 atom stereocenters. The number of halogens is 1. The van der Waals surface area contributed by atoms with Gasteiger partial charge in [0.2, 0.25) is 0 Å². The molecule has 6 heteroatoms. The van der Waals surface area contributed by atoms with Crippen molar-refractivity contribution in [3.63, 3.8) is 0 Å². The molecular formula is C15H15BrN2O3. The van der Waals surface area contributed by atoms with Crippen LogP contribution in [0.5, 0.6) is 11.5 Å². The monoisotopic (exact) mass is 350 g/mol. The first-order valence-electron chi connectivity index (χ1n) is 6.29. The Morgan fingerprint density at radius 2 is 2.00 bits per heavy atom. The molecule has 2 rings (SSSR count). The van der Waals surface area contributed by atoms with Crippen molar-refractivity contribution in [2.45, 2.75) is 6.42 Å². The van der Waals surface area contributed by atoms with Crippen molar-refractivity contribution in [2.24, 2.45) is 10.9 Å². The number of ether oxygens (including phenoxy) is 1. The molecule has 4 N–H and O–H groups in total. The number of nitrogens with two attached hydrogens (primary N) is 1. The molecule has 0 heterocycles. The van der Waals surface area contributed by atoms with E-state index >= 15 is 0 Å². The molecule has 0 fully saturated rings. The summed E-state index contributed by atoms with van der Waals surface area (Å²) in [6.07, 6.45) is 0.527. The first-order chi connectivity index (χ1) is 10.2. The molecule has 21 heavy (non-hydrogen) atoms. The van der Waals surface area contributed by atoms with Gasteiger partial charge in [0.05, 0.1) is 0 Å². The molecule has 2 aromatic carbocycles. The van der Waals surface area contributed by atoms with Crippen LogP contribution in [0.4, 0.5) is 0 Å². The van der Waals surface area contributed by atoms with Crippen LogP contribution in [-0.4, -0.2) is 22.8 Å². The Morgan fingerprint density at radius 1 is 1.24 bits per heavy atom. The van der Waals surface area contributed by atoms with Crippen molar-refractivity contribution in [1.29, 1.82) is 0 Å². The van der Waals surface area contributed by atoms with Crippen LogP contribution in [0, 0.1) is 0 Å². The van der Waals surface area contributed by atoms with E-state index in [2.05, 4.69) is 21.1 Å². The molecule has 2 aromatic rings. The van der Waals surface area contributed by atoms with Gasteiger partial charge >= 0.3 is 0 Å². The van der Waals surface area contributed by atoms with Crippen LogP contribution >= 0.6 is 15.9 Å². The summed E-state index contributed by atoms with van der Waals surface area (Å²) in [5.74, 6) is 1.32. The summed E-state index contributed by atoms with van der Waals surface area (Å²) >= 11 is 3.36. The molecule has 0 aliphatic carbocycles. The predicted octanol–water partition coefficient (Wildman–Crippen LogP) is 2.87. The molecule has 0 aliphatic rings. The van der Waals surface area contributed by atoms with Crippen LogP contribution in [0.2, 0.25) is 0 Å². The summed E-state index contributed by atoms with van der Waals surface area (Å²) in [5, 5.41) is 20.7. The van der Waals surface area contributed by atoms with E-state index in [1.54, 1.807) is 18.2 Å². The van der Waals surface area contributed by atoms with Gasteiger partial charge < -0.3 is 20.8 Å². The van der Waals surface area contributed by atoms with Gasteiger partial charge in [-0.1, -0.05) is 23.4 Å². The van der Waals surface area contributed by atoms with Crippen molar-refractivity contribution in [2.75, 3.05) is 6.61 Å². The highest BCUT2D eigenvalue weighted by molar-refractivity contribution is 9.10. The van der Waals surface area contributed by atoms with E-state index in [-0.39, 0.29) is 12.4 Å². The Hall–Kier alpha value is -2.05. The van der Waals surface area contributed by atoms with E-state index in [0.717, 1.165) is 5.56 Å². The second-order valence-corrected chi connectivity index (χ2v) is 5.16. The van der Waals surface area contributed by atoms with Crippen LogP contribution < -0.4 is 10.5 Å². The number of aliphatic hydroxyl groups is 1. The average Bonchev–Trinajstić information content (AvgIpc) is 2.49. The van der Waals surface area contributed by atoms with Gasteiger partial charge in [0.15, 0.2) is 5.84 Å². The first-order valence-corrected chi connectivity index (χ1v) is 7.09. The van der Waals surface area contributed by atoms with Crippen LogP contribution in [-0.2, 0) is 6.42 Å². The predicted molar refractivity (Wildman–Crippen MR) is 84.0 cm³/mol. The fourth-order valence-corrected chi connectivity index (χ4v) is 2.44. The number of nitrogens with zero attached hydrogens (tertiary/aromatic N) is 1. The molecule has 0 aliphatic heterocycles. The number of para-hydroxylation sites is 1. The van der Waals surface area contributed by atoms with Gasteiger partial charge in [0.1, 0.15) is 11.5 Å². The van der Waals surface area contributed by atoms with Gasteiger partial charge in [0.25, 0.3) is 0 Å². The summed E-state index contributed by atoms with van der Waals surface area (Å²) in [6, 6.07) is 12.7. The summed E-state index contributed by atoms with van der Waals surface area (Å²) in [4.78, 5) is 0. The van der Waals surface area contributed by atoms with E-state index in [1.165, 1.54) is 0 Å². The first kappa shape index (κ1) is 15.3. The number of hydrogen-bond donors (Lipinski definition) is 3. The number of benzene rings is 2. The Labute approximate surface area is 130 Å². The van der Waals surface area contributed by atoms with E-state index < -0.39 is 0 Å². The van der Waals surface area contributed by atoms with Crippen molar-refractivity contribution < 1.29 is 15.1 Å². The molecule has 110 valence electrons. The van der Waals surface area contributed by atoms with E-state index in [1.807, 2.05) is 24.3 Å². The zero-order chi connectivity index (χ0) is 15.2. The zero-order valence-electron chi connectivity index (χ0n) is 11.2. The van der Waals surface area contributed by atoms with Crippen LogP contribution in [0.1, 0.15) is 11.1 Å². The van der Waals surface area contributed by atoms with Crippen LogP contribution in [0.3, 0.4) is 0 Å². The number of amidine groups is 1. The van der Waals surface area contributed by atoms with Gasteiger partial charge in [-0.15, -0.1) is 0 Å². The smallest absolute Gasteiger partial charge is 0.171 e. The third-order valence-corrected chi connectivity index (χ3v) is 3.56. The van der Waals surface area contributed by atoms with Crippen molar-refractivity contribution in [3.8, 4) is 11.5 Å². The maximum Gasteiger partial charge on any atom is 0.171 e. The van der Waals surface area contributed by atoms with Crippen molar-refractivity contribution >= 4 is 21.8 Å². The number of aliphatic hydroxyl groups excluding tert-OH is 1. The fourth-order valence-electron chi connectivity index (χ4n) is 1.88. The molecule has 0 saturated carbocycles. The highest BCUT2D eigenvalue weighted by Crippen LogP contribution is 2.29. The molecule has 0 bridgehead atoms. The van der Waals surface area contributed by atoms with Gasteiger partial charge in [0, 0.05) is 16.6 Å². The van der Waals surface area contributed by atoms with Gasteiger partial charge in [-0.3, -0.25) is 0 Å². The lowest BCUT2D eigenvalue weighted by Gasteiger charge is -2.11. The van der Waals surface area contributed by atoms with Gasteiger partial charge in [-0.05, 0) is 52.2 Å². The van der Waals surface area contributed by atoms with Crippen molar-refractivity contribution in [1.82, 2.24) is 0 Å². The topological polar surface area (TPSA) is 88.1 Å². The SMILES string of the molecule is N/C(=N/O)c1ccc(Oc2ccccc2CCO)cc1Br. The Morgan fingerprint density at radius 3 is 2.67 bits per heavy atom. The summed E-state index contributed by atoms with van der Waals surface area (Å²) < 4.78 is 6.49. The maximum absolute atomic E-state index is 9.07. The highest BCUT2D eigenvalue weighted by Gasteiger charge is 2.09. The quantitative estimate of drug-likeness (QED) is 0.335. The van der Waals surface area contributed by atoms with E-state index in [0.29, 0.717) is 28.0 Å². The third kappa shape index (κ3) is 3.74. The lowest BCUT2D eigenvalue weighted by atomic mass is 10.1. The minimum Gasteiger partial charge on any atom is -0.457 e. The zero-order valence-corrected chi connectivity index (χ0v) is 12.7. The lowest BCUT2D eigenvalue weighted by molar-refractivity contribution is 0.298. The standard InChI is InChI=1S/C15H15BrN2O3/c16-13-9-11(5-6-12(13)15(17)18-20)21-14-4-2-1-3-10(14)7-8-19/h1-6,9,19-20H,7-8H2,(H2,17,18). The van der Waals surface area contributed by atoms with Crippen molar-refractivity contribution in [3.05, 3.63) is 58.1 Å². The average molecular weight is 351 g/mol.